The van der Waals surface area contributed by atoms with E-state index >= 15 is 0 Å². The monoisotopic (exact) mass is 312 g/mol. The molecule has 0 fully saturated rings. The van der Waals surface area contributed by atoms with Crippen molar-refractivity contribution in [3.05, 3.63) is 21.5 Å². The summed E-state index contributed by atoms with van der Waals surface area (Å²) in [5, 5.41) is 0. The molecule has 0 spiro atoms. The van der Waals surface area contributed by atoms with Crippen LogP contribution in [0.1, 0.15) is 52.9 Å². The summed E-state index contributed by atoms with van der Waals surface area (Å²) in [6, 6.07) is 0. The molecule has 0 heterocycles. The molecule has 0 atom stereocenters. The second-order valence-electron chi connectivity index (χ2n) is 5.63. The van der Waals surface area contributed by atoms with Crippen molar-refractivity contribution in [1.82, 2.24) is 0 Å². The third-order valence-corrected chi connectivity index (χ3v) is 6.24. The van der Waals surface area contributed by atoms with Crippen LogP contribution in [0.2, 0.25) is 4.13 Å². The zero-order valence-corrected chi connectivity index (χ0v) is 14.0. The molecule has 1 rings (SSSR count). The van der Waals surface area contributed by atoms with Gasteiger partial charge in [0.05, 0.1) is 0 Å². The molecule has 1 aliphatic carbocycles. The van der Waals surface area contributed by atoms with Crippen LogP contribution >= 0.6 is 0 Å². The van der Waals surface area contributed by atoms with Gasteiger partial charge in [-0.3, -0.25) is 0 Å². The minimum absolute atomic E-state index is 0.0381. The number of rotatable bonds is 8. The zero-order valence-electron chi connectivity index (χ0n) is 11.6. The molecule has 0 saturated heterocycles. The predicted octanol–water partition coefficient (Wildman–Crippen LogP) is 4.71. The fourth-order valence-electron chi connectivity index (χ4n) is 1.79. The van der Waals surface area contributed by atoms with Gasteiger partial charge in [-0.1, -0.05) is 0 Å². The molecule has 1 aliphatic rings. The minimum atomic E-state index is -0.176. The van der Waals surface area contributed by atoms with Crippen molar-refractivity contribution in [2.75, 3.05) is 6.61 Å². The van der Waals surface area contributed by atoms with Crippen LogP contribution in [-0.2, 0) is 28.0 Å². The Kier molecular flexibility index (Phi) is 7.63. The summed E-state index contributed by atoms with van der Waals surface area (Å²) in [6.07, 6.45) is 13.5. The van der Waals surface area contributed by atoms with Crippen LogP contribution in [0.25, 0.3) is 0 Å². The van der Waals surface area contributed by atoms with Crippen LogP contribution in [0.5, 0.6) is 0 Å². The molecule has 0 aromatic heterocycles. The van der Waals surface area contributed by atoms with Crippen molar-refractivity contribution in [2.45, 2.75) is 62.6 Å². The molecule has 0 N–H and O–H groups in total. The van der Waals surface area contributed by atoms with Gasteiger partial charge in [0.2, 0.25) is 0 Å². The molecule has 0 aromatic carbocycles. The van der Waals surface area contributed by atoms with Crippen molar-refractivity contribution < 1.29 is 28.0 Å². The van der Waals surface area contributed by atoms with Gasteiger partial charge in [0.1, 0.15) is 0 Å². The van der Waals surface area contributed by atoms with Crippen LogP contribution in [0.4, 0.5) is 0 Å². The van der Waals surface area contributed by atoms with Crippen molar-refractivity contribution in [1.29, 1.82) is 0 Å². The molecular weight excluding hydrogens is 287 g/mol. The van der Waals surface area contributed by atoms with Gasteiger partial charge in [0.15, 0.2) is 0 Å². The molecular formula is C15H26OZr. The molecule has 0 aromatic rings. The summed E-state index contributed by atoms with van der Waals surface area (Å²) in [5.41, 5.74) is 0.0381. The zero-order chi connectivity index (χ0) is 12.6. The fourth-order valence-corrected chi connectivity index (χ4v) is 4.80. The van der Waals surface area contributed by atoms with Crippen LogP contribution in [-0.4, -0.2) is 12.2 Å². The molecule has 17 heavy (non-hydrogen) atoms. The SMILES string of the molecule is CC(C)(C)OCCCCC[CH2][Zr][C]1=CC=CC1. The van der Waals surface area contributed by atoms with E-state index in [0.717, 1.165) is 6.61 Å². The Morgan fingerprint density at radius 2 is 1.94 bits per heavy atom. The van der Waals surface area contributed by atoms with E-state index in [-0.39, 0.29) is 28.8 Å². The number of hydrogen-bond acceptors (Lipinski definition) is 1. The number of hydrogen-bond donors (Lipinski definition) is 0. The van der Waals surface area contributed by atoms with Gasteiger partial charge in [-0.15, -0.1) is 0 Å². The van der Waals surface area contributed by atoms with Crippen LogP contribution in [0, 0.1) is 0 Å². The summed E-state index contributed by atoms with van der Waals surface area (Å²) < 4.78 is 9.02. The normalized spacial score (nSPS) is 15.1. The Labute approximate surface area is 118 Å². The maximum absolute atomic E-state index is 5.71. The summed E-state index contributed by atoms with van der Waals surface area (Å²) in [5.74, 6) is 0. The molecule has 0 amide bonds. The molecule has 0 radical (unpaired) electrons. The Bertz CT molecular complexity index is 261. The first kappa shape index (κ1) is 15.4. The maximum atomic E-state index is 5.71. The van der Waals surface area contributed by atoms with E-state index in [4.69, 9.17) is 4.74 Å². The van der Waals surface area contributed by atoms with Gasteiger partial charge >= 0.3 is 119 Å². The molecule has 96 valence electrons. The van der Waals surface area contributed by atoms with E-state index in [0.29, 0.717) is 0 Å². The molecule has 1 nitrogen and oxygen atoms in total. The first-order chi connectivity index (χ1) is 8.08. The van der Waals surface area contributed by atoms with Gasteiger partial charge in [0.25, 0.3) is 0 Å². The van der Waals surface area contributed by atoms with E-state index in [1.165, 1.54) is 36.2 Å². The quantitative estimate of drug-likeness (QED) is 0.590. The van der Waals surface area contributed by atoms with Gasteiger partial charge in [-0.25, -0.2) is 0 Å². The summed E-state index contributed by atoms with van der Waals surface area (Å²) >= 11 is -0.176. The van der Waals surface area contributed by atoms with E-state index in [1.54, 1.807) is 3.28 Å². The second kappa shape index (κ2) is 8.43. The topological polar surface area (TPSA) is 9.23 Å². The van der Waals surface area contributed by atoms with Crippen molar-refractivity contribution in [2.24, 2.45) is 0 Å². The number of ether oxygens (including phenoxy) is 1. The van der Waals surface area contributed by atoms with Crippen LogP contribution in [0.15, 0.2) is 21.5 Å². The number of unbranched alkanes of at least 4 members (excludes halogenated alkanes) is 3. The van der Waals surface area contributed by atoms with Gasteiger partial charge in [-0.05, 0) is 0 Å². The van der Waals surface area contributed by atoms with Gasteiger partial charge in [0, 0.05) is 0 Å². The first-order valence-electron chi connectivity index (χ1n) is 6.81. The molecule has 0 bridgehead atoms. The van der Waals surface area contributed by atoms with E-state index in [1.807, 2.05) is 0 Å². The van der Waals surface area contributed by atoms with Crippen molar-refractivity contribution in [3.8, 4) is 0 Å². The Morgan fingerprint density at radius 3 is 2.59 bits per heavy atom. The summed E-state index contributed by atoms with van der Waals surface area (Å²) in [4.78, 5) is 0. The number of allylic oxidation sites excluding steroid dienone is 4. The third-order valence-electron chi connectivity index (χ3n) is 2.73. The molecule has 2 heteroatoms. The molecule has 0 saturated carbocycles. The third kappa shape index (κ3) is 8.97. The standard InChI is InChI=1S/C10H21O.C5H5.Zr/c1-5-6-7-8-9-11-10(2,3)4;1-2-4-5-3-1;/h1,5-9H2,2-4H3;1-3H,4H2;. The Morgan fingerprint density at radius 1 is 1.18 bits per heavy atom. The van der Waals surface area contributed by atoms with Gasteiger partial charge < -0.3 is 0 Å². The average Bonchev–Trinajstić information content (AvgIpc) is 2.73. The Balaban J connectivity index is 1.82. The first-order valence-corrected chi connectivity index (χ1v) is 9.78. The van der Waals surface area contributed by atoms with Gasteiger partial charge in [-0.2, -0.15) is 0 Å². The predicted molar refractivity (Wildman–Crippen MR) is 70.8 cm³/mol. The van der Waals surface area contributed by atoms with Crippen molar-refractivity contribution in [3.63, 3.8) is 0 Å². The molecule has 0 aliphatic heterocycles. The van der Waals surface area contributed by atoms with Crippen LogP contribution < -0.4 is 0 Å². The van der Waals surface area contributed by atoms with Crippen LogP contribution in [0.3, 0.4) is 0 Å². The molecule has 0 unspecified atom stereocenters. The van der Waals surface area contributed by atoms with E-state index in [2.05, 4.69) is 39.0 Å². The Hall–Kier alpha value is 0.323. The van der Waals surface area contributed by atoms with Crippen molar-refractivity contribution >= 4 is 0 Å². The summed E-state index contributed by atoms with van der Waals surface area (Å²) in [7, 11) is 0. The summed E-state index contributed by atoms with van der Waals surface area (Å²) in [6.45, 7) is 7.31. The second-order valence-corrected chi connectivity index (χ2v) is 9.30. The average molecular weight is 314 g/mol. The van der Waals surface area contributed by atoms with E-state index < -0.39 is 0 Å². The fraction of sp³-hybridized carbons (Fsp3) is 0.733. The van der Waals surface area contributed by atoms with E-state index in [9.17, 15) is 0 Å².